The van der Waals surface area contributed by atoms with Crippen LogP contribution >= 0.6 is 0 Å². The van der Waals surface area contributed by atoms with Crippen molar-refractivity contribution in [2.45, 2.75) is 110 Å². The van der Waals surface area contributed by atoms with Crippen molar-refractivity contribution in [3.8, 4) is 23.8 Å². The lowest BCUT2D eigenvalue weighted by atomic mass is 9.44. The minimum Gasteiger partial charge on any atom is -0.490 e. The van der Waals surface area contributed by atoms with Gasteiger partial charge in [-0.15, -0.1) is 6.42 Å². The van der Waals surface area contributed by atoms with Gasteiger partial charge in [0.05, 0.1) is 37.3 Å². The Kier molecular flexibility index (Phi) is 13.8. The van der Waals surface area contributed by atoms with E-state index in [0.29, 0.717) is 44.0 Å². The van der Waals surface area contributed by atoms with Gasteiger partial charge < -0.3 is 29.2 Å². The van der Waals surface area contributed by atoms with Gasteiger partial charge >= 0.3 is 0 Å². The summed E-state index contributed by atoms with van der Waals surface area (Å²) in [6.45, 7) is 16.8. The molecule has 0 radical (unpaired) electrons. The molecule has 7 rings (SSSR count). The van der Waals surface area contributed by atoms with Crippen molar-refractivity contribution in [2.75, 3.05) is 51.4 Å². The van der Waals surface area contributed by atoms with Crippen molar-refractivity contribution in [2.24, 2.45) is 16.7 Å². The third-order valence-electron chi connectivity index (χ3n) is 14.0. The molecule has 3 aromatic rings. The molecule has 11 nitrogen and oxygen atoms in total. The van der Waals surface area contributed by atoms with E-state index in [-0.39, 0.29) is 83.3 Å². The predicted octanol–water partition coefficient (Wildman–Crippen LogP) is 7.31. The largest absolute Gasteiger partial charge is 0.490 e. The second kappa shape index (κ2) is 18.9. The monoisotopic (exact) mass is 863 g/mol. The fourth-order valence-corrected chi connectivity index (χ4v) is 10.6. The molecule has 4 fully saturated rings. The van der Waals surface area contributed by atoms with Gasteiger partial charge in [0.15, 0.2) is 11.6 Å². The zero-order valence-corrected chi connectivity index (χ0v) is 37.8. The number of terminal acetylenes is 1. The maximum atomic E-state index is 15.1. The number of methoxy groups -OCH3 is 1. The molecule has 1 amide bonds. The van der Waals surface area contributed by atoms with Gasteiger partial charge in [-0.05, 0) is 85.8 Å². The van der Waals surface area contributed by atoms with Crippen LogP contribution in [0, 0.1) is 48.8 Å². The number of nitrogens with zero attached hydrogens (tertiary/aromatic N) is 2. The van der Waals surface area contributed by atoms with Crippen LogP contribution in [0.1, 0.15) is 104 Å². The van der Waals surface area contributed by atoms with E-state index in [1.54, 1.807) is 13.2 Å². The number of hydrogen-bond donors (Lipinski definition) is 1. The van der Waals surface area contributed by atoms with E-state index in [1.165, 1.54) is 12.1 Å². The SMILES string of the molecule is C#Cc1c(C)cc(OC2C(C)(C)C(CC(=O)c3ccc(N4CCO[C@H](CN(CCOC)C5CC(Oc6ccc(C(=O)N[C@H]7CCC(=O)CC7=O)c(F)c6)C5)C4)cc3)C2(C)C)cc1C. The Morgan fingerprint density at radius 3 is 2.32 bits per heavy atom. The number of ether oxygens (including phenoxy) is 4. The number of nitrogens with one attached hydrogen (secondary N) is 1. The molecule has 3 aromatic carbocycles. The van der Waals surface area contributed by atoms with Gasteiger partial charge in [0, 0.05) is 98.7 Å². The predicted molar refractivity (Wildman–Crippen MR) is 239 cm³/mol. The van der Waals surface area contributed by atoms with Crippen LogP contribution in [-0.4, -0.2) is 105 Å². The van der Waals surface area contributed by atoms with E-state index in [9.17, 15) is 19.2 Å². The van der Waals surface area contributed by atoms with E-state index in [2.05, 4.69) is 48.7 Å². The molecule has 0 unspecified atom stereocenters. The molecule has 336 valence electrons. The molecule has 4 aliphatic rings. The Hall–Kier alpha value is -5.09. The maximum absolute atomic E-state index is 15.1. The number of halogens is 1. The van der Waals surface area contributed by atoms with Crippen LogP contribution < -0.4 is 19.7 Å². The third kappa shape index (κ3) is 10.0. The first-order valence-corrected chi connectivity index (χ1v) is 22.3. The molecule has 1 N–H and O–H groups in total. The molecule has 1 aliphatic heterocycles. The smallest absolute Gasteiger partial charge is 0.254 e. The maximum Gasteiger partial charge on any atom is 0.254 e. The molecular weight excluding hydrogens is 802 g/mol. The highest BCUT2D eigenvalue weighted by molar-refractivity contribution is 6.06. The Morgan fingerprint density at radius 2 is 1.68 bits per heavy atom. The highest BCUT2D eigenvalue weighted by Gasteiger charge is 2.63. The summed E-state index contributed by atoms with van der Waals surface area (Å²) in [5.74, 6) is 2.26. The van der Waals surface area contributed by atoms with Crippen LogP contribution in [0.15, 0.2) is 54.6 Å². The fraction of sp³-hybridized carbons (Fsp3) is 0.529. The molecule has 0 bridgehead atoms. The van der Waals surface area contributed by atoms with Crippen molar-refractivity contribution in [3.63, 3.8) is 0 Å². The van der Waals surface area contributed by atoms with Crippen molar-refractivity contribution in [3.05, 3.63) is 88.2 Å². The number of carbonyl (C=O) groups excluding carboxylic acids is 4. The van der Waals surface area contributed by atoms with Crippen molar-refractivity contribution in [1.82, 2.24) is 10.2 Å². The zero-order chi connectivity index (χ0) is 45.2. The molecule has 3 aliphatic carbocycles. The minimum absolute atomic E-state index is 0.0459. The number of amides is 1. The highest BCUT2D eigenvalue weighted by Crippen LogP contribution is 2.62. The van der Waals surface area contributed by atoms with Crippen molar-refractivity contribution < 1.29 is 42.5 Å². The molecule has 1 heterocycles. The summed E-state index contributed by atoms with van der Waals surface area (Å²) in [6, 6.07) is 15.6. The topological polar surface area (TPSA) is 124 Å². The first kappa shape index (κ1) is 45.9. The second-order valence-electron chi connectivity index (χ2n) is 19.1. The summed E-state index contributed by atoms with van der Waals surface area (Å²) < 4.78 is 39.6. The first-order valence-electron chi connectivity index (χ1n) is 22.3. The molecular formula is C51H62FN3O8. The lowest BCUT2D eigenvalue weighted by molar-refractivity contribution is -0.196. The molecule has 12 heteroatoms. The van der Waals surface area contributed by atoms with Crippen LogP contribution in [0.3, 0.4) is 0 Å². The van der Waals surface area contributed by atoms with Crippen LogP contribution in [0.25, 0.3) is 0 Å². The van der Waals surface area contributed by atoms with Crippen molar-refractivity contribution >= 4 is 28.9 Å². The van der Waals surface area contributed by atoms with Crippen LogP contribution in [0.5, 0.6) is 11.5 Å². The summed E-state index contributed by atoms with van der Waals surface area (Å²) in [4.78, 5) is 54.9. The van der Waals surface area contributed by atoms with E-state index in [0.717, 1.165) is 54.1 Å². The quantitative estimate of drug-likeness (QED) is 0.0892. The molecule has 1 saturated heterocycles. The van der Waals surface area contributed by atoms with Crippen molar-refractivity contribution in [1.29, 1.82) is 0 Å². The van der Waals surface area contributed by atoms with E-state index >= 15 is 4.39 Å². The fourth-order valence-electron chi connectivity index (χ4n) is 10.6. The molecule has 0 spiro atoms. The van der Waals surface area contributed by atoms with E-state index in [1.807, 2.05) is 50.2 Å². The van der Waals surface area contributed by atoms with Crippen LogP contribution in [0.2, 0.25) is 0 Å². The van der Waals surface area contributed by atoms with Gasteiger partial charge in [0.25, 0.3) is 5.91 Å². The summed E-state index contributed by atoms with van der Waals surface area (Å²) in [6.07, 6.45) is 7.65. The number of aryl methyl sites for hydroxylation is 2. The molecule has 2 atom stereocenters. The third-order valence-corrected chi connectivity index (χ3v) is 14.0. The number of ketones is 3. The number of morpholine rings is 1. The number of anilines is 1. The number of hydrogen-bond acceptors (Lipinski definition) is 10. The Labute approximate surface area is 371 Å². The average Bonchev–Trinajstić information content (AvgIpc) is 3.22. The summed E-state index contributed by atoms with van der Waals surface area (Å²) in [5.41, 5.74) is 4.10. The lowest BCUT2D eigenvalue weighted by Crippen LogP contribution is -2.66. The summed E-state index contributed by atoms with van der Waals surface area (Å²) in [5, 5.41) is 2.57. The molecule has 63 heavy (non-hydrogen) atoms. The normalized spacial score (nSPS) is 25.1. The number of rotatable bonds is 16. The van der Waals surface area contributed by atoms with E-state index in [4.69, 9.17) is 25.4 Å². The van der Waals surface area contributed by atoms with Gasteiger partial charge in [-0.1, -0.05) is 33.6 Å². The Morgan fingerprint density at radius 1 is 0.984 bits per heavy atom. The number of benzene rings is 3. The second-order valence-corrected chi connectivity index (χ2v) is 19.1. The number of carbonyl (C=O) groups is 4. The van der Waals surface area contributed by atoms with Gasteiger partial charge in [-0.2, -0.15) is 0 Å². The Bertz CT molecular complexity index is 2200. The Balaban J connectivity index is 0.895. The van der Waals surface area contributed by atoms with Crippen LogP contribution in [0.4, 0.5) is 10.1 Å². The van der Waals surface area contributed by atoms with Gasteiger partial charge in [-0.25, -0.2) is 4.39 Å². The van der Waals surface area contributed by atoms with Crippen LogP contribution in [-0.2, 0) is 19.1 Å². The standard InChI is InChI=1S/C51H62FN3O8/c1-9-41-31(2)22-38(23-32(41)3)63-49-50(4,5)47(51(49,6)7)28-45(57)33-10-12-34(13-11-33)54-19-21-61-40(29-54)30-55(18-20-60-8)35-24-39(25-35)62-37-15-16-42(43(52)27-37)48(59)53-44-17-14-36(56)26-46(44)58/h1,10-13,15-16,22-23,27,35,39-40,44,47,49H,14,17-21,24-26,28-30H2,2-8H3,(H,53,59)/t35?,39?,40-,44-,47?,49?/m0/s1. The average molecular weight is 864 g/mol. The molecule has 0 aromatic heterocycles. The molecule has 3 saturated carbocycles. The van der Waals surface area contributed by atoms with Gasteiger partial charge in [-0.3, -0.25) is 24.1 Å². The lowest BCUT2D eigenvalue weighted by Gasteiger charge is -2.63. The van der Waals surface area contributed by atoms with E-state index < -0.39 is 17.8 Å². The summed E-state index contributed by atoms with van der Waals surface area (Å²) >= 11 is 0. The summed E-state index contributed by atoms with van der Waals surface area (Å²) in [7, 11) is 1.69. The zero-order valence-electron chi connectivity index (χ0n) is 37.8. The first-order chi connectivity index (χ1) is 30.0. The van der Waals surface area contributed by atoms with Gasteiger partial charge in [0.1, 0.15) is 35.3 Å². The highest BCUT2D eigenvalue weighted by atomic mass is 19.1. The minimum atomic E-state index is -0.788. The van der Waals surface area contributed by atoms with Gasteiger partial charge in [0.2, 0.25) is 0 Å². The number of Topliss-reactive ketones (excluding diaryl/α,β-unsaturated/α-hetero) is 3.